The Morgan fingerprint density at radius 2 is 1.60 bits per heavy atom. The fraction of sp³-hybridized carbons (Fsp3) is 0.143. The van der Waals surface area contributed by atoms with Crippen molar-refractivity contribution in [1.82, 2.24) is 5.43 Å². The van der Waals surface area contributed by atoms with E-state index in [4.69, 9.17) is 5.84 Å². The first kappa shape index (κ1) is 15.6. The molecule has 0 aliphatic heterocycles. The number of hydrazine groups is 1. The molecule has 0 bridgehead atoms. The van der Waals surface area contributed by atoms with Gasteiger partial charge in [0.1, 0.15) is 11.6 Å². The third kappa shape index (κ3) is 3.63. The van der Waals surface area contributed by atoms with Crippen LogP contribution in [0, 0.1) is 11.6 Å². The number of benzene rings is 2. The van der Waals surface area contributed by atoms with Crippen molar-refractivity contribution in [3.8, 4) is 0 Å². The van der Waals surface area contributed by atoms with Gasteiger partial charge in [0, 0.05) is 14.5 Å². The van der Waals surface area contributed by atoms with Gasteiger partial charge in [0.2, 0.25) is 0 Å². The Labute approximate surface area is 132 Å². The van der Waals surface area contributed by atoms with Gasteiger partial charge in [-0.2, -0.15) is 0 Å². The Morgan fingerprint density at radius 3 is 2.25 bits per heavy atom. The predicted molar refractivity (Wildman–Crippen MR) is 82.0 cm³/mol. The van der Waals surface area contributed by atoms with Crippen LogP contribution in [0.2, 0.25) is 0 Å². The number of nitrogens with one attached hydrogen (secondary N) is 1. The lowest BCUT2D eigenvalue weighted by Crippen LogP contribution is -2.30. The standard InChI is InChI=1S/C14H12Br2F2N2/c15-9-1-3-12(17)8(5-9)6-14(20-19)11-7-10(16)2-4-13(11)18/h1-5,7,14,20H,6,19H2. The SMILES string of the molecule is NNC(Cc1cc(Br)ccc1F)c1cc(Br)ccc1F. The summed E-state index contributed by atoms with van der Waals surface area (Å²) in [6.07, 6.45) is 0.245. The average Bonchev–Trinajstić information content (AvgIpc) is 2.42. The monoisotopic (exact) mass is 404 g/mol. The molecule has 0 fully saturated rings. The molecule has 0 heterocycles. The highest BCUT2D eigenvalue weighted by Gasteiger charge is 2.17. The van der Waals surface area contributed by atoms with Crippen molar-refractivity contribution >= 4 is 31.9 Å². The molecule has 2 rings (SSSR count). The van der Waals surface area contributed by atoms with Crippen molar-refractivity contribution in [2.45, 2.75) is 12.5 Å². The van der Waals surface area contributed by atoms with Crippen LogP contribution in [0.25, 0.3) is 0 Å². The minimum atomic E-state index is -0.517. The van der Waals surface area contributed by atoms with Crippen molar-refractivity contribution in [3.05, 3.63) is 68.1 Å². The molecule has 1 atom stereocenters. The lowest BCUT2D eigenvalue weighted by atomic mass is 9.98. The summed E-state index contributed by atoms with van der Waals surface area (Å²) < 4.78 is 29.1. The van der Waals surface area contributed by atoms with Gasteiger partial charge in [-0.05, 0) is 48.4 Å². The summed E-state index contributed by atoms with van der Waals surface area (Å²) in [6, 6.07) is 8.71. The lowest BCUT2D eigenvalue weighted by Gasteiger charge is -2.18. The Bertz CT molecular complexity index is 620. The number of nitrogens with two attached hydrogens (primary N) is 1. The zero-order valence-electron chi connectivity index (χ0n) is 10.3. The van der Waals surface area contributed by atoms with Crippen molar-refractivity contribution in [3.63, 3.8) is 0 Å². The van der Waals surface area contributed by atoms with E-state index in [-0.39, 0.29) is 18.1 Å². The molecule has 1 unspecified atom stereocenters. The highest BCUT2D eigenvalue weighted by Crippen LogP contribution is 2.26. The van der Waals surface area contributed by atoms with Crippen LogP contribution in [-0.4, -0.2) is 0 Å². The van der Waals surface area contributed by atoms with E-state index in [9.17, 15) is 8.78 Å². The maximum Gasteiger partial charge on any atom is 0.128 e. The van der Waals surface area contributed by atoms with Gasteiger partial charge >= 0.3 is 0 Å². The molecular weight excluding hydrogens is 394 g/mol. The molecule has 2 aromatic rings. The van der Waals surface area contributed by atoms with Gasteiger partial charge in [-0.15, -0.1) is 0 Å². The minimum absolute atomic E-state index is 0.245. The van der Waals surface area contributed by atoms with Gasteiger partial charge in [-0.3, -0.25) is 11.3 Å². The third-order valence-corrected chi connectivity index (χ3v) is 3.95. The smallest absolute Gasteiger partial charge is 0.128 e. The maximum absolute atomic E-state index is 13.9. The van der Waals surface area contributed by atoms with Crippen LogP contribution >= 0.6 is 31.9 Å². The molecular formula is C14H12Br2F2N2. The fourth-order valence-electron chi connectivity index (χ4n) is 1.96. The quantitative estimate of drug-likeness (QED) is 0.589. The van der Waals surface area contributed by atoms with E-state index in [0.717, 1.165) is 8.95 Å². The first-order chi connectivity index (χ1) is 9.51. The molecule has 0 radical (unpaired) electrons. The van der Waals surface area contributed by atoms with Crippen LogP contribution in [0.3, 0.4) is 0 Å². The van der Waals surface area contributed by atoms with Crippen molar-refractivity contribution in [1.29, 1.82) is 0 Å². The zero-order valence-corrected chi connectivity index (χ0v) is 13.5. The van der Waals surface area contributed by atoms with Crippen LogP contribution in [-0.2, 0) is 6.42 Å². The second-order valence-corrected chi connectivity index (χ2v) is 6.16. The van der Waals surface area contributed by atoms with E-state index in [1.165, 1.54) is 12.1 Å². The normalized spacial score (nSPS) is 12.4. The third-order valence-electron chi connectivity index (χ3n) is 2.97. The van der Waals surface area contributed by atoms with E-state index in [1.807, 2.05) is 0 Å². The van der Waals surface area contributed by atoms with Crippen molar-refractivity contribution in [2.24, 2.45) is 5.84 Å². The van der Waals surface area contributed by atoms with E-state index < -0.39 is 6.04 Å². The fourth-order valence-corrected chi connectivity index (χ4v) is 2.75. The second kappa shape index (κ2) is 6.76. The zero-order chi connectivity index (χ0) is 14.7. The van der Waals surface area contributed by atoms with Gasteiger partial charge in [0.15, 0.2) is 0 Å². The number of halogens is 4. The maximum atomic E-state index is 13.9. The molecule has 0 aliphatic carbocycles. The molecule has 106 valence electrons. The summed E-state index contributed by atoms with van der Waals surface area (Å²) in [4.78, 5) is 0. The number of hydrogen-bond acceptors (Lipinski definition) is 2. The minimum Gasteiger partial charge on any atom is -0.271 e. The van der Waals surface area contributed by atoms with Crippen LogP contribution in [0.1, 0.15) is 17.2 Å². The van der Waals surface area contributed by atoms with Crippen molar-refractivity contribution in [2.75, 3.05) is 0 Å². The van der Waals surface area contributed by atoms with Gasteiger partial charge < -0.3 is 0 Å². The first-order valence-corrected chi connectivity index (χ1v) is 7.45. The molecule has 0 aromatic heterocycles. The number of rotatable bonds is 4. The van der Waals surface area contributed by atoms with Gasteiger partial charge in [-0.25, -0.2) is 8.78 Å². The largest absolute Gasteiger partial charge is 0.271 e. The molecule has 0 amide bonds. The van der Waals surface area contributed by atoms with Crippen LogP contribution in [0.4, 0.5) is 8.78 Å². The van der Waals surface area contributed by atoms with Gasteiger partial charge in [0.05, 0.1) is 6.04 Å². The summed E-state index contributed by atoms with van der Waals surface area (Å²) >= 11 is 6.58. The Morgan fingerprint density at radius 1 is 1.00 bits per heavy atom. The van der Waals surface area contributed by atoms with Crippen LogP contribution in [0.5, 0.6) is 0 Å². The molecule has 3 N–H and O–H groups in total. The Kier molecular flexibility index (Phi) is 5.26. The molecule has 6 heteroatoms. The highest BCUT2D eigenvalue weighted by atomic mass is 79.9. The van der Waals surface area contributed by atoms with E-state index >= 15 is 0 Å². The average molecular weight is 406 g/mol. The second-order valence-electron chi connectivity index (χ2n) is 4.32. The molecule has 0 saturated heterocycles. The van der Waals surface area contributed by atoms with Gasteiger partial charge in [0.25, 0.3) is 0 Å². The first-order valence-electron chi connectivity index (χ1n) is 5.86. The molecule has 20 heavy (non-hydrogen) atoms. The van der Waals surface area contributed by atoms with Crippen LogP contribution < -0.4 is 11.3 Å². The summed E-state index contributed by atoms with van der Waals surface area (Å²) in [5.74, 6) is 4.77. The van der Waals surface area contributed by atoms with E-state index in [0.29, 0.717) is 11.1 Å². The topological polar surface area (TPSA) is 38.0 Å². The molecule has 0 spiro atoms. The molecule has 0 aliphatic rings. The summed E-state index contributed by atoms with van der Waals surface area (Å²) in [7, 11) is 0. The summed E-state index contributed by atoms with van der Waals surface area (Å²) in [6.45, 7) is 0. The van der Waals surface area contributed by atoms with Gasteiger partial charge in [-0.1, -0.05) is 31.9 Å². The molecule has 0 saturated carbocycles. The summed E-state index contributed by atoms with van der Waals surface area (Å²) in [5, 5.41) is 0. The van der Waals surface area contributed by atoms with E-state index in [2.05, 4.69) is 37.3 Å². The predicted octanol–water partition coefficient (Wildman–Crippen LogP) is 4.24. The summed E-state index contributed by atoms with van der Waals surface area (Å²) in [5.41, 5.74) is 3.39. The number of hydrogen-bond donors (Lipinski definition) is 2. The van der Waals surface area contributed by atoms with E-state index in [1.54, 1.807) is 24.3 Å². The molecule has 2 nitrogen and oxygen atoms in total. The highest BCUT2D eigenvalue weighted by molar-refractivity contribution is 9.10. The lowest BCUT2D eigenvalue weighted by molar-refractivity contribution is 0.498. The Balaban J connectivity index is 2.33. The Hall–Kier alpha value is -0.820. The van der Waals surface area contributed by atoms with Crippen molar-refractivity contribution < 1.29 is 8.78 Å². The molecule has 2 aromatic carbocycles. The van der Waals surface area contributed by atoms with Crippen LogP contribution in [0.15, 0.2) is 45.3 Å².